The van der Waals surface area contributed by atoms with Gasteiger partial charge in [-0.1, -0.05) is 20.8 Å². The molecule has 0 radical (unpaired) electrons. The third-order valence-electron chi connectivity index (χ3n) is 3.17. The number of piperidine rings is 1. The van der Waals surface area contributed by atoms with Crippen LogP contribution in [-0.4, -0.2) is 43.4 Å². The minimum atomic E-state index is -3.56. The quantitative estimate of drug-likeness (QED) is 0.767. The summed E-state index contributed by atoms with van der Waals surface area (Å²) in [5.74, 6) is -1.05. The van der Waals surface area contributed by atoms with Crippen LogP contribution in [0.5, 0.6) is 0 Å². The van der Waals surface area contributed by atoms with Crippen molar-refractivity contribution in [3.05, 3.63) is 0 Å². The van der Waals surface area contributed by atoms with Gasteiger partial charge in [0.25, 0.3) is 10.2 Å². The number of nitrogens with zero attached hydrogens (tertiary/aromatic N) is 1. The first-order valence-electron chi connectivity index (χ1n) is 6.20. The second-order valence-electron chi connectivity index (χ2n) is 5.36. The maximum atomic E-state index is 12.0. The molecule has 0 spiro atoms. The smallest absolute Gasteiger partial charge is 0.307 e. The lowest BCUT2D eigenvalue weighted by Gasteiger charge is -2.34. The lowest BCUT2D eigenvalue weighted by Crippen LogP contribution is -2.49. The minimum absolute atomic E-state index is 0.0725. The summed E-state index contributed by atoms with van der Waals surface area (Å²) < 4.78 is 27.8. The van der Waals surface area contributed by atoms with E-state index in [9.17, 15) is 13.2 Å². The second-order valence-corrected chi connectivity index (χ2v) is 7.11. The molecule has 2 N–H and O–H groups in total. The predicted molar refractivity (Wildman–Crippen MR) is 68.2 cm³/mol. The highest BCUT2D eigenvalue weighted by Gasteiger charge is 2.30. The van der Waals surface area contributed by atoms with Gasteiger partial charge in [0.2, 0.25) is 0 Å². The van der Waals surface area contributed by atoms with E-state index < -0.39 is 22.1 Å². The molecule has 1 heterocycles. The lowest BCUT2D eigenvalue weighted by molar-refractivity contribution is -0.140. The Labute approximate surface area is 109 Å². The summed E-state index contributed by atoms with van der Waals surface area (Å²) in [6, 6.07) is 0. The van der Waals surface area contributed by atoms with E-state index in [4.69, 9.17) is 5.11 Å². The minimum Gasteiger partial charge on any atom is -0.481 e. The van der Waals surface area contributed by atoms with Crippen LogP contribution in [0, 0.1) is 17.8 Å². The molecule has 0 aromatic rings. The molecule has 1 aliphatic heterocycles. The zero-order valence-corrected chi connectivity index (χ0v) is 11.9. The number of hydrogen-bond donors (Lipinski definition) is 2. The number of nitrogens with one attached hydrogen (secondary N) is 1. The van der Waals surface area contributed by atoms with Gasteiger partial charge in [-0.05, 0) is 18.3 Å². The number of aliphatic carboxylic acids is 1. The number of carbonyl (C=O) groups is 1. The summed E-state index contributed by atoms with van der Waals surface area (Å²) in [5, 5.41) is 8.72. The topological polar surface area (TPSA) is 86.7 Å². The predicted octanol–water partition coefficient (Wildman–Crippen LogP) is 0.519. The van der Waals surface area contributed by atoms with Gasteiger partial charge < -0.3 is 5.11 Å². The fourth-order valence-corrected chi connectivity index (χ4v) is 3.76. The van der Waals surface area contributed by atoms with Crippen molar-refractivity contribution in [2.75, 3.05) is 19.6 Å². The Hall–Kier alpha value is -0.660. The van der Waals surface area contributed by atoms with Crippen LogP contribution in [0.3, 0.4) is 0 Å². The Bertz CT molecular complexity index is 386. The zero-order valence-electron chi connectivity index (χ0n) is 11.1. The van der Waals surface area contributed by atoms with Gasteiger partial charge in [-0.15, -0.1) is 0 Å². The van der Waals surface area contributed by atoms with E-state index in [0.717, 1.165) is 6.42 Å². The summed E-state index contributed by atoms with van der Waals surface area (Å²) in [5.41, 5.74) is 0. The molecule has 18 heavy (non-hydrogen) atoms. The van der Waals surface area contributed by atoms with Gasteiger partial charge in [0.15, 0.2) is 0 Å². The Balaban J connectivity index is 2.60. The maximum Gasteiger partial charge on any atom is 0.307 e. The molecule has 0 amide bonds. The van der Waals surface area contributed by atoms with Gasteiger partial charge in [0, 0.05) is 19.6 Å². The van der Waals surface area contributed by atoms with Crippen LogP contribution in [0.1, 0.15) is 27.2 Å². The van der Waals surface area contributed by atoms with Crippen LogP contribution in [-0.2, 0) is 15.0 Å². The van der Waals surface area contributed by atoms with Crippen molar-refractivity contribution in [2.45, 2.75) is 27.2 Å². The number of carboxylic acids is 1. The fraction of sp³-hybridized carbons (Fsp3) is 0.909. The van der Waals surface area contributed by atoms with Gasteiger partial charge in [0.1, 0.15) is 0 Å². The van der Waals surface area contributed by atoms with Crippen molar-refractivity contribution in [3.63, 3.8) is 0 Å². The van der Waals surface area contributed by atoms with Gasteiger partial charge in [-0.2, -0.15) is 12.7 Å². The molecule has 7 heteroatoms. The highest BCUT2D eigenvalue weighted by molar-refractivity contribution is 7.87. The molecule has 0 aliphatic carbocycles. The Morgan fingerprint density at radius 3 is 2.33 bits per heavy atom. The average molecular weight is 278 g/mol. The molecule has 6 nitrogen and oxygen atoms in total. The molecule has 3 atom stereocenters. The summed E-state index contributed by atoms with van der Waals surface area (Å²) in [6.07, 6.45) is 1.03. The van der Waals surface area contributed by atoms with Crippen LogP contribution < -0.4 is 4.72 Å². The maximum absolute atomic E-state index is 12.0. The van der Waals surface area contributed by atoms with Gasteiger partial charge in [0.05, 0.1) is 5.92 Å². The van der Waals surface area contributed by atoms with E-state index in [-0.39, 0.29) is 6.54 Å². The van der Waals surface area contributed by atoms with Gasteiger partial charge >= 0.3 is 5.97 Å². The molecule has 1 aliphatic rings. The summed E-state index contributed by atoms with van der Waals surface area (Å²) >= 11 is 0. The Morgan fingerprint density at radius 2 is 1.89 bits per heavy atom. The molecule has 0 saturated carbocycles. The number of hydrogen-bond acceptors (Lipinski definition) is 3. The van der Waals surface area contributed by atoms with Crippen molar-refractivity contribution in [1.82, 2.24) is 9.03 Å². The average Bonchev–Trinajstić information content (AvgIpc) is 2.24. The van der Waals surface area contributed by atoms with Crippen molar-refractivity contribution in [2.24, 2.45) is 17.8 Å². The van der Waals surface area contributed by atoms with Crippen LogP contribution in [0.15, 0.2) is 0 Å². The third-order valence-corrected chi connectivity index (χ3v) is 4.68. The van der Waals surface area contributed by atoms with Crippen molar-refractivity contribution in [3.8, 4) is 0 Å². The molecule has 106 valence electrons. The zero-order chi connectivity index (χ0) is 13.9. The van der Waals surface area contributed by atoms with E-state index in [1.807, 2.05) is 13.8 Å². The summed E-state index contributed by atoms with van der Waals surface area (Å²) in [6.45, 7) is 6.46. The first-order chi connectivity index (χ1) is 8.22. The number of rotatable bonds is 5. The van der Waals surface area contributed by atoms with Crippen molar-refractivity contribution >= 4 is 16.2 Å². The first kappa shape index (κ1) is 15.4. The largest absolute Gasteiger partial charge is 0.481 e. The fourth-order valence-electron chi connectivity index (χ4n) is 2.21. The summed E-state index contributed by atoms with van der Waals surface area (Å²) in [7, 11) is -3.56. The van der Waals surface area contributed by atoms with Gasteiger partial charge in [-0.3, -0.25) is 4.79 Å². The van der Waals surface area contributed by atoms with Crippen molar-refractivity contribution < 1.29 is 18.3 Å². The number of carboxylic acid groups (broad SMARTS) is 1. The van der Waals surface area contributed by atoms with Crippen LogP contribution in [0.2, 0.25) is 0 Å². The van der Waals surface area contributed by atoms with E-state index in [2.05, 4.69) is 4.72 Å². The van der Waals surface area contributed by atoms with Crippen LogP contribution in [0.4, 0.5) is 0 Å². The SMILES string of the molecule is CC1CC(C)CN(S(=O)(=O)NCC(C)C(=O)O)C1. The molecule has 0 bridgehead atoms. The summed E-state index contributed by atoms with van der Waals surface area (Å²) in [4.78, 5) is 10.6. The Morgan fingerprint density at radius 1 is 1.39 bits per heavy atom. The lowest BCUT2D eigenvalue weighted by atomic mass is 9.94. The monoisotopic (exact) mass is 278 g/mol. The van der Waals surface area contributed by atoms with Crippen molar-refractivity contribution in [1.29, 1.82) is 0 Å². The van der Waals surface area contributed by atoms with Crippen LogP contribution >= 0.6 is 0 Å². The van der Waals surface area contributed by atoms with E-state index in [0.29, 0.717) is 24.9 Å². The first-order valence-corrected chi connectivity index (χ1v) is 7.64. The standard InChI is InChI=1S/C11H22N2O4S/c1-8-4-9(2)7-13(6-8)18(16,17)12-5-10(3)11(14)15/h8-10,12H,4-7H2,1-3H3,(H,14,15). The molecular formula is C11H22N2O4S. The molecule has 3 unspecified atom stereocenters. The van der Waals surface area contributed by atoms with E-state index in [1.165, 1.54) is 11.2 Å². The van der Waals surface area contributed by atoms with Crippen LogP contribution in [0.25, 0.3) is 0 Å². The third kappa shape index (κ3) is 4.22. The normalized spacial score (nSPS) is 27.9. The van der Waals surface area contributed by atoms with E-state index in [1.54, 1.807) is 0 Å². The molecule has 1 fully saturated rings. The highest BCUT2D eigenvalue weighted by atomic mass is 32.2. The molecule has 1 saturated heterocycles. The Kier molecular flexibility index (Phi) is 5.12. The molecule has 0 aromatic heterocycles. The second kappa shape index (κ2) is 5.99. The van der Waals surface area contributed by atoms with Gasteiger partial charge in [-0.25, -0.2) is 4.72 Å². The molecule has 1 rings (SSSR count). The molecular weight excluding hydrogens is 256 g/mol. The highest BCUT2D eigenvalue weighted by Crippen LogP contribution is 2.22. The molecule has 0 aromatic carbocycles. The van der Waals surface area contributed by atoms with E-state index >= 15 is 0 Å².